The first-order chi connectivity index (χ1) is 16.6. The Kier molecular flexibility index (Phi) is 5.28. The van der Waals surface area contributed by atoms with Crippen molar-refractivity contribution in [3.63, 3.8) is 0 Å². The van der Waals surface area contributed by atoms with E-state index in [9.17, 15) is 4.39 Å². The lowest BCUT2D eigenvalue weighted by molar-refractivity contribution is 0.416. The van der Waals surface area contributed by atoms with E-state index in [0.717, 1.165) is 27.8 Å². The number of nitrogens with zero attached hydrogens (tertiary/aromatic N) is 1. The van der Waals surface area contributed by atoms with Crippen LogP contribution in [0.1, 0.15) is 5.56 Å². The summed E-state index contributed by atoms with van der Waals surface area (Å²) in [5, 5.41) is 2.66. The van der Waals surface area contributed by atoms with Crippen LogP contribution in [0, 0.1) is 5.82 Å². The monoisotopic (exact) mass is 483 g/mol. The predicted molar refractivity (Wildman–Crippen MR) is 139 cm³/mol. The molecule has 0 radical (unpaired) electrons. The van der Waals surface area contributed by atoms with Crippen LogP contribution in [0.25, 0.3) is 44.3 Å². The van der Waals surface area contributed by atoms with Crippen molar-refractivity contribution in [1.82, 2.24) is 4.98 Å². The van der Waals surface area contributed by atoms with Crippen molar-refractivity contribution >= 4 is 34.1 Å². The second-order valence-corrected chi connectivity index (χ2v) is 9.64. The highest BCUT2D eigenvalue weighted by atomic mass is 35.5. The minimum atomic E-state index is -0.310. The van der Waals surface area contributed by atoms with Gasteiger partial charge in [-0.2, -0.15) is 0 Å². The zero-order chi connectivity index (χ0) is 23.2. The molecule has 2 nitrogen and oxygen atoms in total. The van der Waals surface area contributed by atoms with Crippen LogP contribution in [0.3, 0.4) is 0 Å². The number of hydrogen-bond acceptors (Lipinski definition) is 3. The average molecular weight is 484 g/mol. The third kappa shape index (κ3) is 3.54. The van der Waals surface area contributed by atoms with Gasteiger partial charge in [-0.3, -0.25) is 4.98 Å². The molecule has 0 saturated carbocycles. The summed E-state index contributed by atoms with van der Waals surface area (Å²) in [6.07, 6.45) is 1.82. The molecule has 0 spiro atoms. The van der Waals surface area contributed by atoms with E-state index in [4.69, 9.17) is 21.3 Å². The first kappa shape index (κ1) is 21.2. The van der Waals surface area contributed by atoms with Gasteiger partial charge in [0.15, 0.2) is 0 Å². The lowest BCUT2D eigenvalue weighted by atomic mass is 9.94. The molecule has 0 amide bonds. The first-order valence-electron chi connectivity index (χ1n) is 10.9. The average Bonchev–Trinajstić information content (AvgIpc) is 2.87. The van der Waals surface area contributed by atoms with E-state index in [1.807, 2.05) is 42.2 Å². The van der Waals surface area contributed by atoms with Crippen LogP contribution in [0.4, 0.5) is 4.39 Å². The highest BCUT2D eigenvalue weighted by Crippen LogP contribution is 2.46. The van der Waals surface area contributed by atoms with Crippen LogP contribution in [0.2, 0.25) is 5.02 Å². The molecule has 34 heavy (non-hydrogen) atoms. The molecule has 0 atom stereocenters. The smallest absolute Gasteiger partial charge is 0.129 e. The molecular formula is C29H19ClFNOS. The van der Waals surface area contributed by atoms with Crippen molar-refractivity contribution < 1.29 is 9.13 Å². The third-order valence-electron chi connectivity index (χ3n) is 6.24. The maximum Gasteiger partial charge on any atom is 0.129 e. The predicted octanol–water partition coefficient (Wildman–Crippen LogP) is 8.64. The van der Waals surface area contributed by atoms with Crippen molar-refractivity contribution in [2.24, 2.45) is 0 Å². The summed E-state index contributed by atoms with van der Waals surface area (Å²) >= 11 is 8.58. The van der Waals surface area contributed by atoms with Gasteiger partial charge in [0.1, 0.15) is 11.6 Å². The summed E-state index contributed by atoms with van der Waals surface area (Å²) < 4.78 is 19.6. The number of methoxy groups -OCH3 is 1. The zero-order valence-corrected chi connectivity index (χ0v) is 19.9. The summed E-state index contributed by atoms with van der Waals surface area (Å²) in [5.74, 6) is 1.30. The molecule has 4 aromatic carbocycles. The Balaban J connectivity index is 1.57. The number of benzene rings is 4. The molecule has 0 N–H and O–H groups in total. The molecule has 2 heterocycles. The van der Waals surface area contributed by atoms with E-state index in [-0.39, 0.29) is 5.82 Å². The van der Waals surface area contributed by atoms with Gasteiger partial charge in [0.2, 0.25) is 0 Å². The van der Waals surface area contributed by atoms with Gasteiger partial charge in [0.25, 0.3) is 0 Å². The van der Waals surface area contributed by atoms with Crippen LogP contribution in [-0.4, -0.2) is 12.1 Å². The number of halogens is 2. The van der Waals surface area contributed by atoms with Crippen LogP contribution in [-0.2, 0) is 5.75 Å². The Bertz CT molecular complexity index is 1580. The van der Waals surface area contributed by atoms with Gasteiger partial charge in [-0.15, -0.1) is 11.8 Å². The molecule has 1 aliphatic heterocycles. The van der Waals surface area contributed by atoms with E-state index in [1.54, 1.807) is 13.2 Å². The Morgan fingerprint density at radius 2 is 1.76 bits per heavy atom. The highest BCUT2D eigenvalue weighted by molar-refractivity contribution is 7.98. The third-order valence-corrected chi connectivity index (χ3v) is 7.65. The Morgan fingerprint density at radius 1 is 0.882 bits per heavy atom. The van der Waals surface area contributed by atoms with Crippen molar-refractivity contribution in [1.29, 1.82) is 0 Å². The van der Waals surface area contributed by atoms with Crippen molar-refractivity contribution in [2.45, 2.75) is 10.6 Å². The number of aromatic nitrogens is 1. The Labute approximate surface area is 206 Å². The van der Waals surface area contributed by atoms with Crippen LogP contribution >= 0.6 is 23.4 Å². The SMILES string of the molecule is COc1cc(-c2cccc(F)c2)c(Cl)cc1-c1nccc2cc3c(cc12)-c1ccccc1CS3. The summed E-state index contributed by atoms with van der Waals surface area (Å²) in [5.41, 5.74) is 6.83. The molecule has 5 heteroatoms. The minimum Gasteiger partial charge on any atom is -0.496 e. The lowest BCUT2D eigenvalue weighted by Crippen LogP contribution is -1.98. The van der Waals surface area contributed by atoms with E-state index < -0.39 is 0 Å². The molecule has 6 rings (SSSR count). The van der Waals surface area contributed by atoms with Gasteiger partial charge in [-0.05, 0) is 70.1 Å². The fraction of sp³-hybridized carbons (Fsp3) is 0.0690. The van der Waals surface area contributed by atoms with Gasteiger partial charge in [-0.25, -0.2) is 4.39 Å². The number of thioether (sulfide) groups is 1. The maximum absolute atomic E-state index is 13.8. The Morgan fingerprint density at radius 3 is 2.62 bits per heavy atom. The first-order valence-corrected chi connectivity index (χ1v) is 12.3. The van der Waals surface area contributed by atoms with Gasteiger partial charge >= 0.3 is 0 Å². The van der Waals surface area contributed by atoms with Gasteiger partial charge in [0.05, 0.1) is 12.8 Å². The van der Waals surface area contributed by atoms with E-state index in [1.165, 1.54) is 33.7 Å². The second-order valence-electron chi connectivity index (χ2n) is 8.22. The molecule has 0 aliphatic carbocycles. The second kappa shape index (κ2) is 8.46. The lowest BCUT2D eigenvalue weighted by Gasteiger charge is -2.21. The number of fused-ring (bicyclic) bond motifs is 4. The standard InChI is InChI=1S/C29H19ClFNOS/c1-33-27-15-22(17-6-4-7-20(31)11-17)26(30)14-25(27)29-23-13-24-21-8-3-2-5-19(21)16-34-28(24)12-18(23)9-10-32-29/h2-15H,16H2,1H3. The summed E-state index contributed by atoms with van der Waals surface area (Å²) in [4.78, 5) is 6.02. The molecule has 0 saturated heterocycles. The summed E-state index contributed by atoms with van der Waals surface area (Å²) in [6, 6.07) is 25.2. The molecule has 166 valence electrons. The van der Waals surface area contributed by atoms with Gasteiger partial charge in [-0.1, -0.05) is 48.0 Å². The minimum absolute atomic E-state index is 0.310. The van der Waals surface area contributed by atoms with E-state index >= 15 is 0 Å². The molecule has 0 unspecified atom stereocenters. The van der Waals surface area contributed by atoms with Crippen molar-refractivity contribution in [2.75, 3.05) is 7.11 Å². The molecular weight excluding hydrogens is 465 g/mol. The number of rotatable bonds is 3. The van der Waals surface area contributed by atoms with Crippen LogP contribution < -0.4 is 4.74 Å². The Hall–Kier alpha value is -3.34. The van der Waals surface area contributed by atoms with Crippen molar-refractivity contribution in [3.8, 4) is 39.3 Å². The quantitative estimate of drug-likeness (QED) is 0.256. The molecule has 1 aliphatic rings. The van der Waals surface area contributed by atoms with Gasteiger partial charge in [0, 0.05) is 38.4 Å². The summed E-state index contributed by atoms with van der Waals surface area (Å²) in [6.45, 7) is 0. The normalized spacial score (nSPS) is 12.3. The largest absolute Gasteiger partial charge is 0.496 e. The van der Waals surface area contributed by atoms with E-state index in [0.29, 0.717) is 21.9 Å². The molecule has 5 aromatic rings. The highest BCUT2D eigenvalue weighted by Gasteiger charge is 2.20. The summed E-state index contributed by atoms with van der Waals surface area (Å²) in [7, 11) is 1.63. The molecule has 0 fully saturated rings. The molecule has 0 bridgehead atoms. The maximum atomic E-state index is 13.8. The fourth-order valence-electron chi connectivity index (χ4n) is 4.59. The van der Waals surface area contributed by atoms with E-state index in [2.05, 4.69) is 36.4 Å². The topological polar surface area (TPSA) is 22.1 Å². The van der Waals surface area contributed by atoms with Gasteiger partial charge < -0.3 is 4.74 Å². The number of ether oxygens (including phenoxy) is 1. The van der Waals surface area contributed by atoms with Crippen LogP contribution in [0.5, 0.6) is 5.75 Å². The zero-order valence-electron chi connectivity index (χ0n) is 18.3. The molecule has 1 aromatic heterocycles. The van der Waals surface area contributed by atoms with Crippen molar-refractivity contribution in [3.05, 3.63) is 101 Å². The number of pyridine rings is 1. The number of hydrogen-bond donors (Lipinski definition) is 0. The van der Waals surface area contributed by atoms with Crippen LogP contribution in [0.15, 0.2) is 90.0 Å². The fourth-order valence-corrected chi connectivity index (χ4v) is 5.96.